The highest BCUT2D eigenvalue weighted by Crippen LogP contribution is 2.40. The zero-order valence-electron chi connectivity index (χ0n) is 13.1. The standard InChI is InChI=1S/C16H32N2O/c1-4-15(2)8-10-18(11-9-15)16(13-17)7-5-6-14(12-16)19-3/h14H,4-13,17H2,1-3H3. The van der Waals surface area contributed by atoms with Gasteiger partial charge < -0.3 is 10.5 Å². The molecular weight excluding hydrogens is 236 g/mol. The summed E-state index contributed by atoms with van der Waals surface area (Å²) >= 11 is 0. The Kier molecular flexibility index (Phi) is 4.91. The first kappa shape index (κ1) is 15.3. The van der Waals surface area contributed by atoms with Crippen molar-refractivity contribution in [2.24, 2.45) is 11.1 Å². The van der Waals surface area contributed by atoms with Crippen LogP contribution >= 0.6 is 0 Å². The van der Waals surface area contributed by atoms with Crippen molar-refractivity contribution in [3.05, 3.63) is 0 Å². The lowest BCUT2D eigenvalue weighted by Crippen LogP contribution is -2.60. The van der Waals surface area contributed by atoms with Crippen LogP contribution in [0, 0.1) is 5.41 Å². The maximum absolute atomic E-state index is 6.19. The molecule has 0 aromatic rings. The number of hydrogen-bond donors (Lipinski definition) is 1. The highest BCUT2D eigenvalue weighted by Gasteiger charge is 2.43. The lowest BCUT2D eigenvalue weighted by molar-refractivity contribution is -0.0443. The molecule has 2 unspecified atom stereocenters. The van der Waals surface area contributed by atoms with Gasteiger partial charge in [0.2, 0.25) is 0 Å². The van der Waals surface area contributed by atoms with Crippen molar-refractivity contribution in [3.8, 4) is 0 Å². The van der Waals surface area contributed by atoms with Crippen LogP contribution in [-0.2, 0) is 4.74 Å². The van der Waals surface area contributed by atoms with E-state index in [1.165, 1.54) is 51.6 Å². The average Bonchev–Trinajstić information content (AvgIpc) is 2.48. The molecule has 1 aliphatic carbocycles. The Hall–Kier alpha value is -0.120. The van der Waals surface area contributed by atoms with Gasteiger partial charge in [0, 0.05) is 19.2 Å². The largest absolute Gasteiger partial charge is 0.381 e. The van der Waals surface area contributed by atoms with Crippen LogP contribution in [0.3, 0.4) is 0 Å². The number of hydrogen-bond acceptors (Lipinski definition) is 3. The van der Waals surface area contributed by atoms with E-state index in [9.17, 15) is 0 Å². The molecule has 0 spiro atoms. The number of methoxy groups -OCH3 is 1. The van der Waals surface area contributed by atoms with E-state index >= 15 is 0 Å². The van der Waals surface area contributed by atoms with Crippen molar-refractivity contribution in [2.75, 3.05) is 26.7 Å². The number of likely N-dealkylation sites (tertiary alicyclic amines) is 1. The fraction of sp³-hybridized carbons (Fsp3) is 1.00. The summed E-state index contributed by atoms with van der Waals surface area (Å²) in [6.45, 7) is 8.00. The Bertz CT molecular complexity index is 286. The summed E-state index contributed by atoms with van der Waals surface area (Å²) in [7, 11) is 1.85. The number of rotatable bonds is 4. The molecule has 19 heavy (non-hydrogen) atoms. The van der Waals surface area contributed by atoms with E-state index < -0.39 is 0 Å². The molecule has 2 fully saturated rings. The Morgan fingerprint density at radius 3 is 2.47 bits per heavy atom. The minimum atomic E-state index is 0.216. The fourth-order valence-corrected chi connectivity index (χ4v) is 3.96. The van der Waals surface area contributed by atoms with Crippen LogP contribution in [0.15, 0.2) is 0 Å². The third kappa shape index (κ3) is 3.14. The molecule has 0 bridgehead atoms. The summed E-state index contributed by atoms with van der Waals surface area (Å²) in [4.78, 5) is 2.69. The average molecular weight is 268 g/mol. The molecule has 2 rings (SSSR count). The quantitative estimate of drug-likeness (QED) is 0.852. The maximum atomic E-state index is 6.19. The molecule has 2 atom stereocenters. The van der Waals surface area contributed by atoms with E-state index in [4.69, 9.17) is 10.5 Å². The third-order valence-corrected chi connectivity index (χ3v) is 5.98. The van der Waals surface area contributed by atoms with Crippen LogP contribution < -0.4 is 5.73 Å². The molecule has 0 radical (unpaired) electrons. The van der Waals surface area contributed by atoms with Crippen LogP contribution in [0.25, 0.3) is 0 Å². The molecule has 2 N–H and O–H groups in total. The minimum absolute atomic E-state index is 0.216. The normalized spacial score (nSPS) is 36.3. The third-order valence-electron chi connectivity index (χ3n) is 5.98. The minimum Gasteiger partial charge on any atom is -0.381 e. The first-order chi connectivity index (χ1) is 9.07. The number of piperidine rings is 1. The van der Waals surface area contributed by atoms with Crippen molar-refractivity contribution in [3.63, 3.8) is 0 Å². The molecule has 0 amide bonds. The van der Waals surface area contributed by atoms with E-state index in [2.05, 4.69) is 18.7 Å². The van der Waals surface area contributed by atoms with Crippen LogP contribution in [0.4, 0.5) is 0 Å². The predicted molar refractivity (Wildman–Crippen MR) is 80.3 cm³/mol. The summed E-state index contributed by atoms with van der Waals surface area (Å²) in [5, 5.41) is 0. The molecule has 112 valence electrons. The maximum Gasteiger partial charge on any atom is 0.0589 e. The number of ether oxygens (including phenoxy) is 1. The molecule has 1 aliphatic heterocycles. The highest BCUT2D eigenvalue weighted by molar-refractivity contribution is 4.99. The zero-order valence-corrected chi connectivity index (χ0v) is 13.1. The second kappa shape index (κ2) is 6.11. The predicted octanol–water partition coefficient (Wildman–Crippen LogP) is 2.79. The lowest BCUT2D eigenvalue weighted by Gasteiger charge is -2.52. The van der Waals surface area contributed by atoms with E-state index in [0.29, 0.717) is 11.5 Å². The Morgan fingerprint density at radius 1 is 1.26 bits per heavy atom. The topological polar surface area (TPSA) is 38.5 Å². The van der Waals surface area contributed by atoms with Gasteiger partial charge >= 0.3 is 0 Å². The molecule has 0 aromatic heterocycles. The summed E-state index contributed by atoms with van der Waals surface area (Å²) in [6.07, 6.45) is 9.21. The second-order valence-electron chi connectivity index (χ2n) is 7.03. The van der Waals surface area contributed by atoms with Crippen LogP contribution in [-0.4, -0.2) is 43.3 Å². The SMILES string of the molecule is CCC1(C)CCN(C2(CN)CCCC(OC)C2)CC1. The molecule has 2 aliphatic rings. The Labute approximate surface area is 118 Å². The van der Waals surface area contributed by atoms with Gasteiger partial charge in [-0.1, -0.05) is 20.3 Å². The van der Waals surface area contributed by atoms with Gasteiger partial charge in [-0.2, -0.15) is 0 Å². The van der Waals surface area contributed by atoms with Gasteiger partial charge in [0.15, 0.2) is 0 Å². The van der Waals surface area contributed by atoms with Gasteiger partial charge in [-0.05, 0) is 57.0 Å². The fourth-order valence-electron chi connectivity index (χ4n) is 3.96. The number of nitrogens with two attached hydrogens (primary N) is 1. The Morgan fingerprint density at radius 2 is 1.95 bits per heavy atom. The highest BCUT2D eigenvalue weighted by atomic mass is 16.5. The van der Waals surface area contributed by atoms with E-state index in [1.54, 1.807) is 0 Å². The van der Waals surface area contributed by atoms with Crippen molar-refractivity contribution in [1.29, 1.82) is 0 Å². The van der Waals surface area contributed by atoms with Crippen LogP contribution in [0.5, 0.6) is 0 Å². The van der Waals surface area contributed by atoms with Crippen LogP contribution in [0.2, 0.25) is 0 Å². The van der Waals surface area contributed by atoms with Crippen molar-refractivity contribution in [2.45, 2.75) is 70.4 Å². The zero-order chi connectivity index (χ0) is 13.9. The molecule has 3 nitrogen and oxygen atoms in total. The number of nitrogens with zero attached hydrogens (tertiary/aromatic N) is 1. The smallest absolute Gasteiger partial charge is 0.0589 e. The molecule has 3 heteroatoms. The molecule has 1 heterocycles. The van der Waals surface area contributed by atoms with Crippen molar-refractivity contribution < 1.29 is 4.74 Å². The van der Waals surface area contributed by atoms with Crippen LogP contribution in [0.1, 0.15) is 58.8 Å². The van der Waals surface area contributed by atoms with Crippen molar-refractivity contribution >= 4 is 0 Å². The van der Waals surface area contributed by atoms with Gasteiger partial charge in [-0.3, -0.25) is 4.90 Å². The summed E-state index contributed by atoms with van der Waals surface area (Å²) in [5.74, 6) is 0. The second-order valence-corrected chi connectivity index (χ2v) is 7.03. The summed E-state index contributed by atoms with van der Waals surface area (Å²) in [5.41, 5.74) is 6.96. The molecule has 1 saturated carbocycles. The Balaban J connectivity index is 2.02. The molecule has 0 aromatic carbocycles. The first-order valence-electron chi connectivity index (χ1n) is 8.05. The molecule has 1 saturated heterocycles. The van der Waals surface area contributed by atoms with Gasteiger partial charge in [0.25, 0.3) is 0 Å². The van der Waals surface area contributed by atoms with Gasteiger partial charge in [-0.25, -0.2) is 0 Å². The molecular formula is C16H32N2O. The first-order valence-corrected chi connectivity index (χ1v) is 8.05. The van der Waals surface area contributed by atoms with Gasteiger partial charge in [-0.15, -0.1) is 0 Å². The van der Waals surface area contributed by atoms with Crippen molar-refractivity contribution in [1.82, 2.24) is 4.90 Å². The summed E-state index contributed by atoms with van der Waals surface area (Å²) < 4.78 is 5.62. The van der Waals surface area contributed by atoms with E-state index in [-0.39, 0.29) is 5.54 Å². The summed E-state index contributed by atoms with van der Waals surface area (Å²) in [6, 6.07) is 0. The van der Waals surface area contributed by atoms with E-state index in [0.717, 1.165) is 13.0 Å². The van der Waals surface area contributed by atoms with Gasteiger partial charge in [0.05, 0.1) is 6.10 Å². The lowest BCUT2D eigenvalue weighted by atomic mass is 9.73. The monoisotopic (exact) mass is 268 g/mol. The van der Waals surface area contributed by atoms with E-state index in [1.807, 2.05) is 7.11 Å². The van der Waals surface area contributed by atoms with Gasteiger partial charge in [0.1, 0.15) is 0 Å².